The molecular formula is C17H26N2O6S. The molecule has 0 spiro atoms. The fourth-order valence-corrected chi connectivity index (χ4v) is 4.85. The van der Waals surface area contributed by atoms with Crippen molar-refractivity contribution in [1.82, 2.24) is 4.90 Å². The Bertz CT molecular complexity index is 725. The van der Waals surface area contributed by atoms with Crippen molar-refractivity contribution in [1.29, 1.82) is 0 Å². The van der Waals surface area contributed by atoms with Crippen LogP contribution in [0.4, 0.5) is 5.69 Å². The molecule has 2 rings (SSSR count). The van der Waals surface area contributed by atoms with E-state index in [2.05, 4.69) is 5.32 Å². The molecule has 0 aliphatic carbocycles. The summed E-state index contributed by atoms with van der Waals surface area (Å²) < 4.78 is 39.2. The number of rotatable bonds is 8. The topological polar surface area (TPSA) is 94.2 Å². The molecule has 1 heterocycles. The van der Waals surface area contributed by atoms with Gasteiger partial charge in [0, 0.05) is 30.4 Å². The number of amides is 1. The third kappa shape index (κ3) is 4.51. The van der Waals surface area contributed by atoms with E-state index in [9.17, 15) is 13.2 Å². The summed E-state index contributed by atoms with van der Waals surface area (Å²) in [5.41, 5.74) is 0.642. The maximum Gasteiger partial charge on any atom is 0.242 e. The highest BCUT2D eigenvalue weighted by molar-refractivity contribution is 7.91. The molecule has 146 valence electrons. The number of likely N-dealkylation sites (N-methyl/N-ethyl adjacent to an activating group) is 1. The van der Waals surface area contributed by atoms with Crippen LogP contribution in [0.15, 0.2) is 12.1 Å². The Morgan fingerprint density at radius 2 is 1.81 bits per heavy atom. The van der Waals surface area contributed by atoms with E-state index in [-0.39, 0.29) is 30.0 Å². The van der Waals surface area contributed by atoms with Gasteiger partial charge < -0.3 is 24.4 Å². The average molecular weight is 386 g/mol. The first-order valence-corrected chi connectivity index (χ1v) is 10.2. The number of hydrogen-bond acceptors (Lipinski definition) is 7. The molecule has 0 saturated carbocycles. The van der Waals surface area contributed by atoms with Crippen molar-refractivity contribution < 1.29 is 27.4 Å². The largest absolute Gasteiger partial charge is 0.493 e. The van der Waals surface area contributed by atoms with E-state index in [1.165, 1.54) is 21.3 Å². The fourth-order valence-electron chi connectivity index (χ4n) is 3.12. The number of nitrogens with one attached hydrogen (secondary N) is 1. The van der Waals surface area contributed by atoms with Gasteiger partial charge in [-0.3, -0.25) is 4.79 Å². The number of hydrogen-bond donors (Lipinski definition) is 1. The summed E-state index contributed by atoms with van der Waals surface area (Å²) >= 11 is 0. The zero-order chi connectivity index (χ0) is 19.3. The van der Waals surface area contributed by atoms with Crippen molar-refractivity contribution >= 4 is 21.4 Å². The van der Waals surface area contributed by atoms with Crippen LogP contribution in [0.25, 0.3) is 0 Å². The maximum absolute atomic E-state index is 12.6. The van der Waals surface area contributed by atoms with E-state index in [1.807, 2.05) is 6.92 Å². The van der Waals surface area contributed by atoms with Crippen LogP contribution in [0.5, 0.6) is 17.2 Å². The smallest absolute Gasteiger partial charge is 0.242 e. The van der Waals surface area contributed by atoms with Gasteiger partial charge >= 0.3 is 0 Å². The molecule has 1 saturated heterocycles. The molecule has 1 atom stereocenters. The monoisotopic (exact) mass is 386 g/mol. The van der Waals surface area contributed by atoms with Crippen molar-refractivity contribution in [2.75, 3.05) is 51.2 Å². The van der Waals surface area contributed by atoms with E-state index in [0.717, 1.165) is 0 Å². The van der Waals surface area contributed by atoms with Crippen molar-refractivity contribution in [3.63, 3.8) is 0 Å². The molecule has 1 N–H and O–H groups in total. The molecule has 1 unspecified atom stereocenters. The van der Waals surface area contributed by atoms with Crippen LogP contribution < -0.4 is 19.5 Å². The Kier molecular flexibility index (Phi) is 6.57. The van der Waals surface area contributed by atoms with Crippen molar-refractivity contribution in [3.8, 4) is 17.2 Å². The average Bonchev–Trinajstić information content (AvgIpc) is 2.98. The van der Waals surface area contributed by atoms with E-state index in [0.29, 0.717) is 35.9 Å². The van der Waals surface area contributed by atoms with Gasteiger partial charge in [0.15, 0.2) is 21.3 Å². The number of benzene rings is 1. The zero-order valence-corrected chi connectivity index (χ0v) is 16.4. The van der Waals surface area contributed by atoms with Gasteiger partial charge in [-0.05, 0) is 13.3 Å². The Labute approximate surface area is 154 Å². The van der Waals surface area contributed by atoms with Crippen LogP contribution in [-0.2, 0) is 14.6 Å². The third-order valence-electron chi connectivity index (χ3n) is 4.42. The molecule has 1 amide bonds. The van der Waals surface area contributed by atoms with E-state index >= 15 is 0 Å². The van der Waals surface area contributed by atoms with Crippen molar-refractivity contribution in [2.45, 2.75) is 19.4 Å². The second kappa shape index (κ2) is 8.48. The fraction of sp³-hybridized carbons (Fsp3) is 0.588. The molecule has 1 aromatic carbocycles. The van der Waals surface area contributed by atoms with Crippen molar-refractivity contribution in [3.05, 3.63) is 12.1 Å². The maximum atomic E-state index is 12.6. The highest BCUT2D eigenvalue weighted by atomic mass is 32.2. The first-order valence-electron chi connectivity index (χ1n) is 8.39. The lowest BCUT2D eigenvalue weighted by Crippen LogP contribution is -2.43. The molecule has 1 aliphatic heterocycles. The van der Waals surface area contributed by atoms with Gasteiger partial charge in [0.1, 0.15) is 0 Å². The van der Waals surface area contributed by atoms with Crippen LogP contribution in [0.1, 0.15) is 13.3 Å². The Morgan fingerprint density at radius 1 is 1.19 bits per heavy atom. The minimum Gasteiger partial charge on any atom is -0.493 e. The molecule has 1 fully saturated rings. The predicted molar refractivity (Wildman–Crippen MR) is 99.0 cm³/mol. The number of nitrogens with zero attached hydrogens (tertiary/aromatic N) is 1. The van der Waals surface area contributed by atoms with Gasteiger partial charge in [0.05, 0.1) is 39.4 Å². The van der Waals surface area contributed by atoms with Gasteiger partial charge in [-0.2, -0.15) is 0 Å². The number of ether oxygens (including phenoxy) is 3. The quantitative estimate of drug-likeness (QED) is 0.716. The Balaban J connectivity index is 2.08. The van der Waals surface area contributed by atoms with Crippen LogP contribution in [-0.4, -0.2) is 71.2 Å². The normalized spacial score (nSPS) is 18.2. The first-order chi connectivity index (χ1) is 12.3. The second-order valence-electron chi connectivity index (χ2n) is 6.00. The summed E-state index contributed by atoms with van der Waals surface area (Å²) in [6.45, 7) is 2.36. The molecule has 26 heavy (non-hydrogen) atoms. The summed E-state index contributed by atoms with van der Waals surface area (Å²) in [6, 6.07) is 3.18. The summed E-state index contributed by atoms with van der Waals surface area (Å²) in [7, 11) is 1.52. The molecule has 0 aromatic heterocycles. The highest BCUT2D eigenvalue weighted by Crippen LogP contribution is 2.39. The van der Waals surface area contributed by atoms with E-state index < -0.39 is 9.84 Å². The van der Waals surface area contributed by atoms with Gasteiger partial charge in [-0.1, -0.05) is 0 Å². The lowest BCUT2D eigenvalue weighted by atomic mass is 10.2. The lowest BCUT2D eigenvalue weighted by molar-refractivity contribution is -0.130. The number of carbonyl (C=O) groups is 1. The number of sulfone groups is 1. The van der Waals surface area contributed by atoms with Crippen molar-refractivity contribution in [2.24, 2.45) is 0 Å². The van der Waals surface area contributed by atoms with Crippen LogP contribution in [0.2, 0.25) is 0 Å². The Morgan fingerprint density at radius 3 is 2.23 bits per heavy atom. The zero-order valence-electron chi connectivity index (χ0n) is 15.6. The molecule has 8 nitrogen and oxygen atoms in total. The SMILES string of the molecule is CCN(C(=O)CNc1cc(OC)c(OC)c(OC)c1)C1CCS(=O)(=O)C1. The van der Waals surface area contributed by atoms with Gasteiger partial charge in [-0.15, -0.1) is 0 Å². The summed E-state index contributed by atoms with van der Waals surface area (Å²) in [4.78, 5) is 14.2. The standard InChI is InChI=1S/C17H26N2O6S/c1-5-19(13-6-7-26(21,22)11-13)16(20)10-18-12-8-14(23-2)17(25-4)15(9-12)24-3/h8-9,13,18H,5-7,10-11H2,1-4H3. The van der Waals surface area contributed by atoms with Crippen LogP contribution in [0, 0.1) is 0 Å². The lowest BCUT2D eigenvalue weighted by Gasteiger charge is -2.27. The van der Waals surface area contributed by atoms with E-state index in [4.69, 9.17) is 14.2 Å². The summed E-state index contributed by atoms with van der Waals surface area (Å²) in [6.07, 6.45) is 0.492. The first kappa shape index (κ1) is 20.2. The summed E-state index contributed by atoms with van der Waals surface area (Å²) in [5, 5.41) is 3.05. The Hall–Kier alpha value is -2.16. The molecule has 0 radical (unpaired) electrons. The number of methoxy groups -OCH3 is 3. The highest BCUT2D eigenvalue weighted by Gasteiger charge is 2.33. The minimum atomic E-state index is -3.04. The minimum absolute atomic E-state index is 0.0385. The molecule has 0 bridgehead atoms. The van der Waals surface area contributed by atoms with E-state index in [1.54, 1.807) is 17.0 Å². The third-order valence-corrected chi connectivity index (χ3v) is 6.17. The summed E-state index contributed by atoms with van der Waals surface area (Å²) in [5.74, 6) is 1.46. The van der Waals surface area contributed by atoms with Crippen LogP contribution in [0.3, 0.4) is 0 Å². The number of carbonyl (C=O) groups excluding carboxylic acids is 1. The molecule has 9 heteroatoms. The van der Waals surface area contributed by atoms with Gasteiger partial charge in [0.25, 0.3) is 0 Å². The molecule has 1 aliphatic rings. The predicted octanol–water partition coefficient (Wildman–Crippen LogP) is 1.16. The molecule has 1 aromatic rings. The van der Waals surface area contributed by atoms with Gasteiger partial charge in [-0.25, -0.2) is 8.42 Å². The second-order valence-corrected chi connectivity index (χ2v) is 8.23. The number of anilines is 1. The van der Waals surface area contributed by atoms with Gasteiger partial charge in [0.2, 0.25) is 11.7 Å². The van der Waals surface area contributed by atoms with Crippen LogP contribution >= 0.6 is 0 Å². The molecular weight excluding hydrogens is 360 g/mol.